The van der Waals surface area contributed by atoms with Crippen molar-refractivity contribution in [3.05, 3.63) is 0 Å². The van der Waals surface area contributed by atoms with Crippen molar-refractivity contribution >= 4 is 11.8 Å². The molecule has 0 aromatic heterocycles. The molecule has 0 aromatic carbocycles. The second-order valence-electron chi connectivity index (χ2n) is 6.24. The second-order valence-corrected chi connectivity index (χ2v) is 7.65. The smallest absolute Gasteiger partial charge is 0.103 e. The Morgan fingerprint density at radius 1 is 1.42 bits per heavy atom. The van der Waals surface area contributed by atoms with Crippen LogP contribution in [0.5, 0.6) is 0 Å². The lowest BCUT2D eigenvalue weighted by Gasteiger charge is -2.27. The highest BCUT2D eigenvalue weighted by Gasteiger charge is 2.23. The zero-order chi connectivity index (χ0) is 14.1. The average molecular weight is 282 g/mol. The Morgan fingerprint density at radius 3 is 2.84 bits per heavy atom. The van der Waals surface area contributed by atoms with E-state index in [-0.39, 0.29) is 5.54 Å². The minimum absolute atomic E-state index is 0.323. The molecule has 1 rings (SSSR count). The quantitative estimate of drug-likeness (QED) is 0.672. The Hall–Kier alpha value is -0.200. The molecule has 1 fully saturated rings. The minimum atomic E-state index is -0.323. The zero-order valence-electron chi connectivity index (χ0n) is 12.9. The first-order valence-electron chi connectivity index (χ1n) is 7.87. The van der Waals surface area contributed by atoms with E-state index >= 15 is 0 Å². The van der Waals surface area contributed by atoms with Crippen LogP contribution in [0.25, 0.3) is 0 Å². The van der Waals surface area contributed by atoms with Crippen LogP contribution in [-0.4, -0.2) is 23.1 Å². The molecule has 0 amide bonds. The highest BCUT2D eigenvalue weighted by atomic mass is 32.2. The third-order valence-electron chi connectivity index (χ3n) is 4.07. The van der Waals surface area contributed by atoms with E-state index in [1.165, 1.54) is 31.4 Å². The zero-order valence-corrected chi connectivity index (χ0v) is 13.7. The molecule has 0 bridgehead atoms. The van der Waals surface area contributed by atoms with Crippen molar-refractivity contribution in [3.63, 3.8) is 0 Å². The Kier molecular flexibility index (Phi) is 7.87. The summed E-state index contributed by atoms with van der Waals surface area (Å²) in [7, 11) is 0. The molecule has 1 aliphatic rings. The van der Waals surface area contributed by atoms with Gasteiger partial charge in [-0.1, -0.05) is 26.7 Å². The summed E-state index contributed by atoms with van der Waals surface area (Å²) in [5.41, 5.74) is -0.323. The van der Waals surface area contributed by atoms with Gasteiger partial charge in [0, 0.05) is 5.25 Å². The van der Waals surface area contributed by atoms with E-state index in [0.29, 0.717) is 0 Å². The molecular weight excluding hydrogens is 252 g/mol. The molecule has 19 heavy (non-hydrogen) atoms. The standard InChI is InChI=1S/C16H30N2S/c1-4-10-18-16(3,13-17)9-6-11-19-15-8-5-7-14(2)12-15/h14-15,18H,4-12H2,1-3H3. The van der Waals surface area contributed by atoms with Gasteiger partial charge in [-0.05, 0) is 57.2 Å². The van der Waals surface area contributed by atoms with Crippen molar-refractivity contribution in [3.8, 4) is 6.07 Å². The maximum absolute atomic E-state index is 9.28. The Morgan fingerprint density at radius 2 is 2.21 bits per heavy atom. The number of nitrogens with one attached hydrogen (secondary N) is 1. The van der Waals surface area contributed by atoms with Gasteiger partial charge in [-0.2, -0.15) is 17.0 Å². The summed E-state index contributed by atoms with van der Waals surface area (Å²) in [6.07, 6.45) is 8.84. The van der Waals surface area contributed by atoms with Crippen molar-refractivity contribution in [1.29, 1.82) is 5.26 Å². The molecule has 1 aliphatic carbocycles. The third kappa shape index (κ3) is 6.68. The van der Waals surface area contributed by atoms with E-state index in [2.05, 4.69) is 37.0 Å². The van der Waals surface area contributed by atoms with Gasteiger partial charge in [0.2, 0.25) is 0 Å². The van der Waals surface area contributed by atoms with Crippen LogP contribution in [0.4, 0.5) is 0 Å². The van der Waals surface area contributed by atoms with Gasteiger partial charge >= 0.3 is 0 Å². The minimum Gasteiger partial charge on any atom is -0.300 e. The van der Waals surface area contributed by atoms with Gasteiger partial charge in [0.25, 0.3) is 0 Å². The van der Waals surface area contributed by atoms with Gasteiger partial charge in [0.1, 0.15) is 5.54 Å². The molecule has 1 saturated carbocycles. The van der Waals surface area contributed by atoms with Gasteiger partial charge < -0.3 is 0 Å². The maximum Gasteiger partial charge on any atom is 0.103 e. The van der Waals surface area contributed by atoms with Gasteiger partial charge in [0.15, 0.2) is 0 Å². The van der Waals surface area contributed by atoms with Crippen LogP contribution < -0.4 is 5.32 Å². The summed E-state index contributed by atoms with van der Waals surface area (Å²) in [6.45, 7) is 7.51. The first kappa shape index (κ1) is 16.9. The van der Waals surface area contributed by atoms with Gasteiger partial charge in [0.05, 0.1) is 6.07 Å². The largest absolute Gasteiger partial charge is 0.300 e. The van der Waals surface area contributed by atoms with Crippen molar-refractivity contribution in [2.45, 2.75) is 76.5 Å². The van der Waals surface area contributed by atoms with Crippen molar-refractivity contribution in [2.24, 2.45) is 5.92 Å². The Bertz CT molecular complexity index is 287. The predicted molar refractivity (Wildman–Crippen MR) is 85.4 cm³/mol. The molecular formula is C16H30N2S. The fourth-order valence-electron chi connectivity index (χ4n) is 2.79. The van der Waals surface area contributed by atoms with Gasteiger partial charge in [-0.25, -0.2) is 0 Å². The average Bonchev–Trinajstić information content (AvgIpc) is 2.42. The summed E-state index contributed by atoms with van der Waals surface area (Å²) in [4.78, 5) is 0. The van der Waals surface area contributed by atoms with Crippen molar-refractivity contribution in [2.75, 3.05) is 12.3 Å². The molecule has 3 atom stereocenters. The topological polar surface area (TPSA) is 35.8 Å². The summed E-state index contributed by atoms with van der Waals surface area (Å²) in [5.74, 6) is 2.13. The summed E-state index contributed by atoms with van der Waals surface area (Å²) in [5, 5.41) is 13.5. The van der Waals surface area contributed by atoms with E-state index in [1.807, 2.05) is 6.92 Å². The van der Waals surface area contributed by atoms with Crippen LogP contribution in [-0.2, 0) is 0 Å². The monoisotopic (exact) mass is 282 g/mol. The van der Waals surface area contributed by atoms with Gasteiger partial charge in [-0.3, -0.25) is 5.32 Å². The molecule has 3 heteroatoms. The predicted octanol–water partition coefficient (Wildman–Crippen LogP) is 4.36. The van der Waals surface area contributed by atoms with Crippen LogP contribution in [0.15, 0.2) is 0 Å². The SMILES string of the molecule is CCCNC(C)(C#N)CCCSC1CCCC(C)C1. The number of hydrogen-bond acceptors (Lipinski definition) is 3. The van der Waals surface area contributed by atoms with Crippen LogP contribution in [0.2, 0.25) is 0 Å². The lowest BCUT2D eigenvalue weighted by atomic mass is 9.91. The molecule has 110 valence electrons. The first-order chi connectivity index (χ1) is 9.09. The Labute approximate surface area is 123 Å². The fraction of sp³-hybridized carbons (Fsp3) is 0.938. The summed E-state index contributed by atoms with van der Waals surface area (Å²) < 4.78 is 0. The number of hydrogen-bond donors (Lipinski definition) is 1. The third-order valence-corrected chi connectivity index (χ3v) is 5.50. The van der Waals surface area contributed by atoms with Crippen LogP contribution in [0.3, 0.4) is 0 Å². The molecule has 2 nitrogen and oxygen atoms in total. The molecule has 0 heterocycles. The lowest BCUT2D eigenvalue weighted by molar-refractivity contribution is 0.393. The van der Waals surface area contributed by atoms with E-state index in [9.17, 15) is 5.26 Å². The maximum atomic E-state index is 9.28. The van der Waals surface area contributed by atoms with Gasteiger partial charge in [-0.15, -0.1) is 0 Å². The summed E-state index contributed by atoms with van der Waals surface area (Å²) in [6, 6.07) is 2.44. The number of nitriles is 1. The number of thioether (sulfide) groups is 1. The number of nitrogens with zero attached hydrogens (tertiary/aromatic N) is 1. The van der Waals surface area contributed by atoms with Crippen molar-refractivity contribution < 1.29 is 0 Å². The fourth-order valence-corrected chi connectivity index (χ4v) is 4.23. The first-order valence-corrected chi connectivity index (χ1v) is 8.92. The lowest BCUT2D eigenvalue weighted by Crippen LogP contribution is -2.41. The van der Waals surface area contributed by atoms with E-state index < -0.39 is 0 Å². The van der Waals surface area contributed by atoms with Crippen LogP contribution >= 0.6 is 11.8 Å². The van der Waals surface area contributed by atoms with E-state index in [1.54, 1.807) is 0 Å². The molecule has 1 N–H and O–H groups in total. The van der Waals surface area contributed by atoms with Crippen LogP contribution in [0.1, 0.15) is 65.7 Å². The molecule has 0 saturated heterocycles. The van der Waals surface area contributed by atoms with Crippen molar-refractivity contribution in [1.82, 2.24) is 5.32 Å². The molecule has 3 unspecified atom stereocenters. The highest BCUT2D eigenvalue weighted by Crippen LogP contribution is 2.32. The molecule has 0 aliphatic heterocycles. The normalized spacial score (nSPS) is 26.6. The van der Waals surface area contributed by atoms with Crippen LogP contribution in [0, 0.1) is 17.2 Å². The molecule has 0 aromatic rings. The summed E-state index contributed by atoms with van der Waals surface area (Å²) >= 11 is 2.14. The highest BCUT2D eigenvalue weighted by molar-refractivity contribution is 7.99. The second kappa shape index (κ2) is 8.87. The van der Waals surface area contributed by atoms with E-state index in [0.717, 1.165) is 37.0 Å². The molecule has 0 radical (unpaired) electrons. The number of rotatable bonds is 8. The van der Waals surface area contributed by atoms with E-state index in [4.69, 9.17) is 0 Å². The Balaban J connectivity index is 2.16. The molecule has 0 spiro atoms.